The molecule has 2 heterocycles. The van der Waals surface area contributed by atoms with Crippen molar-refractivity contribution < 1.29 is 4.79 Å². The predicted molar refractivity (Wildman–Crippen MR) is 47.8 cm³/mol. The number of aliphatic imine (C=N–C) groups is 3. The zero-order valence-electron chi connectivity index (χ0n) is 5.39. The number of fused-ring (bicyclic) bond motifs is 1. The van der Waals surface area contributed by atoms with Crippen LogP contribution in [-0.4, -0.2) is 24.2 Å². The van der Waals surface area contributed by atoms with Gasteiger partial charge in [0.2, 0.25) is 0 Å². The lowest BCUT2D eigenvalue weighted by atomic mass is 10.2. The fraction of sp³-hybridized carbons (Fsp3) is 0. The minimum Gasteiger partial charge on any atom is -0.265 e. The van der Waals surface area contributed by atoms with E-state index in [1.54, 1.807) is 6.08 Å². The van der Waals surface area contributed by atoms with Crippen molar-refractivity contribution in [2.45, 2.75) is 0 Å². The third kappa shape index (κ3) is 1.19. The molecule has 0 bridgehead atoms. The molecule has 2 aliphatic rings. The standard InChI is InChI=1S/C6H3N3O.BrH/c10-6-5-4(1-2-7-6)8-3-9-5;/h1-3H;1H. The Bertz CT molecular complexity index is 308. The lowest BCUT2D eigenvalue weighted by molar-refractivity contribution is -0.111. The maximum absolute atomic E-state index is 10.8. The summed E-state index contributed by atoms with van der Waals surface area (Å²) in [5, 5.41) is 0. The van der Waals surface area contributed by atoms with E-state index in [-0.39, 0.29) is 22.9 Å². The summed E-state index contributed by atoms with van der Waals surface area (Å²) in [5.41, 5.74) is 0.961. The van der Waals surface area contributed by atoms with Crippen molar-refractivity contribution in [1.82, 2.24) is 0 Å². The van der Waals surface area contributed by atoms with E-state index in [2.05, 4.69) is 15.0 Å². The molecule has 0 aromatic rings. The zero-order valence-corrected chi connectivity index (χ0v) is 7.10. The van der Waals surface area contributed by atoms with Crippen LogP contribution in [0.1, 0.15) is 0 Å². The molecular weight excluding hydrogens is 210 g/mol. The third-order valence-corrected chi connectivity index (χ3v) is 1.25. The van der Waals surface area contributed by atoms with Gasteiger partial charge in [-0.05, 0) is 6.08 Å². The molecule has 0 saturated heterocycles. The summed E-state index contributed by atoms with van der Waals surface area (Å²) < 4.78 is 0. The lowest BCUT2D eigenvalue weighted by Crippen LogP contribution is -2.14. The maximum atomic E-state index is 10.8. The second-order valence-electron chi connectivity index (χ2n) is 1.86. The van der Waals surface area contributed by atoms with E-state index >= 15 is 0 Å². The minimum atomic E-state index is -0.310. The van der Waals surface area contributed by atoms with Crippen molar-refractivity contribution >= 4 is 41.2 Å². The van der Waals surface area contributed by atoms with Gasteiger partial charge in [-0.15, -0.1) is 17.0 Å². The number of allylic oxidation sites excluding steroid dienone is 1. The van der Waals surface area contributed by atoms with Gasteiger partial charge in [-0.2, -0.15) is 0 Å². The zero-order chi connectivity index (χ0) is 6.97. The maximum Gasteiger partial charge on any atom is 0.297 e. The number of nitrogens with zero attached hydrogens (tertiary/aromatic N) is 3. The molecule has 11 heavy (non-hydrogen) atoms. The molecule has 2 rings (SSSR count). The highest BCUT2D eigenvalue weighted by Crippen LogP contribution is 2.09. The van der Waals surface area contributed by atoms with Crippen LogP contribution in [0.2, 0.25) is 0 Å². The molecule has 0 aromatic carbocycles. The Morgan fingerprint density at radius 2 is 2.09 bits per heavy atom. The lowest BCUT2D eigenvalue weighted by Gasteiger charge is -1.97. The first-order valence-electron chi connectivity index (χ1n) is 2.77. The molecule has 1 amide bonds. The van der Waals surface area contributed by atoms with Crippen molar-refractivity contribution in [1.29, 1.82) is 0 Å². The van der Waals surface area contributed by atoms with Crippen LogP contribution in [-0.2, 0) is 4.79 Å². The third-order valence-electron chi connectivity index (χ3n) is 1.25. The van der Waals surface area contributed by atoms with Gasteiger partial charge in [0.15, 0.2) is 5.71 Å². The van der Waals surface area contributed by atoms with E-state index in [9.17, 15) is 4.79 Å². The Morgan fingerprint density at radius 1 is 1.27 bits per heavy atom. The highest BCUT2D eigenvalue weighted by molar-refractivity contribution is 8.93. The molecule has 0 unspecified atom stereocenters. The number of carbonyl (C=O) groups excluding carboxylic acids is 1. The highest BCUT2D eigenvalue weighted by Gasteiger charge is 2.19. The quantitative estimate of drug-likeness (QED) is 0.580. The average molecular weight is 214 g/mol. The smallest absolute Gasteiger partial charge is 0.265 e. The second kappa shape index (κ2) is 2.87. The van der Waals surface area contributed by atoms with E-state index in [0.29, 0.717) is 11.4 Å². The summed E-state index contributed by atoms with van der Waals surface area (Å²) in [6.07, 6.45) is 4.44. The van der Waals surface area contributed by atoms with Gasteiger partial charge in [0.25, 0.3) is 5.91 Å². The molecule has 56 valence electrons. The summed E-state index contributed by atoms with van der Waals surface area (Å²) in [7, 11) is 0. The first-order valence-corrected chi connectivity index (χ1v) is 2.77. The van der Waals surface area contributed by atoms with Gasteiger partial charge in [0.05, 0.1) is 5.70 Å². The van der Waals surface area contributed by atoms with Crippen LogP contribution in [0.25, 0.3) is 0 Å². The van der Waals surface area contributed by atoms with E-state index in [0.717, 1.165) is 0 Å². The van der Waals surface area contributed by atoms with Crippen LogP contribution in [0.3, 0.4) is 0 Å². The van der Waals surface area contributed by atoms with Gasteiger partial charge in [-0.1, -0.05) is 0 Å². The van der Waals surface area contributed by atoms with Crippen LogP contribution in [0.4, 0.5) is 0 Å². The topological polar surface area (TPSA) is 54.1 Å². The van der Waals surface area contributed by atoms with E-state index in [4.69, 9.17) is 0 Å². The van der Waals surface area contributed by atoms with E-state index < -0.39 is 0 Å². The first kappa shape index (κ1) is 8.00. The average Bonchev–Trinajstić information content (AvgIpc) is 2.36. The van der Waals surface area contributed by atoms with Gasteiger partial charge < -0.3 is 0 Å². The summed E-state index contributed by atoms with van der Waals surface area (Å²) in [6.45, 7) is 0. The van der Waals surface area contributed by atoms with Gasteiger partial charge in [0, 0.05) is 6.21 Å². The van der Waals surface area contributed by atoms with Gasteiger partial charge in [0.1, 0.15) is 6.34 Å². The first-order chi connectivity index (χ1) is 4.88. The molecule has 0 atom stereocenters. The number of amides is 1. The number of rotatable bonds is 0. The van der Waals surface area contributed by atoms with Crippen LogP contribution >= 0.6 is 17.0 Å². The molecule has 0 saturated carbocycles. The van der Waals surface area contributed by atoms with Gasteiger partial charge >= 0.3 is 0 Å². The number of hydrogen-bond acceptors (Lipinski definition) is 3. The Morgan fingerprint density at radius 3 is 2.82 bits per heavy atom. The summed E-state index contributed by atoms with van der Waals surface area (Å²) in [4.78, 5) is 21.9. The Labute approximate surface area is 73.2 Å². The van der Waals surface area contributed by atoms with Gasteiger partial charge in [-0.3, -0.25) is 4.79 Å². The Hall–Kier alpha value is -1.10. The Kier molecular flexibility index (Phi) is 2.09. The van der Waals surface area contributed by atoms with Crippen molar-refractivity contribution in [3.8, 4) is 0 Å². The number of dihydropyridines is 1. The fourth-order valence-electron chi connectivity index (χ4n) is 0.800. The number of carbonyl (C=O) groups is 1. The number of hydrogen-bond donors (Lipinski definition) is 0. The molecule has 0 aromatic heterocycles. The van der Waals surface area contributed by atoms with Crippen molar-refractivity contribution in [2.24, 2.45) is 15.0 Å². The van der Waals surface area contributed by atoms with Crippen molar-refractivity contribution in [2.75, 3.05) is 0 Å². The van der Waals surface area contributed by atoms with Crippen LogP contribution in [0, 0.1) is 0 Å². The van der Waals surface area contributed by atoms with E-state index in [1.807, 2.05) is 0 Å². The largest absolute Gasteiger partial charge is 0.297 e. The summed E-state index contributed by atoms with van der Waals surface area (Å²) in [6, 6.07) is 0. The normalized spacial score (nSPS) is 18.7. The predicted octanol–water partition coefficient (Wildman–Crippen LogP) is 0.542. The van der Waals surface area contributed by atoms with Crippen molar-refractivity contribution in [3.05, 3.63) is 11.8 Å². The summed E-state index contributed by atoms with van der Waals surface area (Å²) in [5.74, 6) is -0.310. The molecule has 4 nitrogen and oxygen atoms in total. The van der Waals surface area contributed by atoms with E-state index in [1.165, 1.54) is 12.6 Å². The van der Waals surface area contributed by atoms with Crippen LogP contribution < -0.4 is 0 Å². The minimum absolute atomic E-state index is 0. The molecular formula is C6H4BrN3O. The second-order valence-corrected chi connectivity index (χ2v) is 1.86. The van der Waals surface area contributed by atoms with Crippen LogP contribution in [0.5, 0.6) is 0 Å². The molecule has 0 N–H and O–H groups in total. The molecule has 0 radical (unpaired) electrons. The summed E-state index contributed by atoms with van der Waals surface area (Å²) >= 11 is 0. The highest BCUT2D eigenvalue weighted by atomic mass is 79.9. The molecule has 2 aliphatic heterocycles. The van der Waals surface area contributed by atoms with Crippen LogP contribution in [0.15, 0.2) is 26.8 Å². The van der Waals surface area contributed by atoms with Gasteiger partial charge in [-0.25, -0.2) is 15.0 Å². The van der Waals surface area contributed by atoms with Crippen molar-refractivity contribution in [3.63, 3.8) is 0 Å². The molecule has 0 fully saturated rings. The number of halogens is 1. The molecule has 5 heteroatoms. The monoisotopic (exact) mass is 213 g/mol. The molecule has 0 spiro atoms. The fourth-order valence-corrected chi connectivity index (χ4v) is 0.800. The SMILES string of the molecule is Br.O=C1N=CC=C2N=CN=C12. The Balaban J connectivity index is 0.000000605. The molecule has 0 aliphatic carbocycles.